The maximum absolute atomic E-state index is 10.5. The van der Waals surface area contributed by atoms with Crippen molar-refractivity contribution in [1.29, 1.82) is 0 Å². The molecule has 2 N–H and O–H groups in total. The van der Waals surface area contributed by atoms with Gasteiger partial charge in [-0.1, -0.05) is 25.5 Å². The fourth-order valence-electron chi connectivity index (χ4n) is 6.61. The zero-order valence-electron chi connectivity index (χ0n) is 13.5. The third-order valence-electron chi connectivity index (χ3n) is 8.03. The third kappa shape index (κ3) is 1.84. The highest BCUT2D eigenvalue weighted by Gasteiger charge is 2.58. The van der Waals surface area contributed by atoms with Crippen LogP contribution in [0.25, 0.3) is 0 Å². The first-order valence-electron chi connectivity index (χ1n) is 9.01. The molecule has 0 spiro atoms. The van der Waals surface area contributed by atoms with Crippen molar-refractivity contribution in [2.24, 2.45) is 28.6 Å². The number of rotatable bonds is 0. The largest absolute Gasteiger partial charge is 0.393 e. The first-order valence-corrected chi connectivity index (χ1v) is 9.01. The summed E-state index contributed by atoms with van der Waals surface area (Å²) in [5, 5.41) is 20.5. The second-order valence-electron chi connectivity index (χ2n) is 8.79. The minimum Gasteiger partial charge on any atom is -0.393 e. The fraction of sp³-hybridized carbons (Fsp3) is 0.895. The summed E-state index contributed by atoms with van der Waals surface area (Å²) in [5.74, 6) is 2.27. The summed E-state index contributed by atoms with van der Waals surface area (Å²) < 4.78 is 0. The van der Waals surface area contributed by atoms with E-state index in [1.54, 1.807) is 5.57 Å². The lowest BCUT2D eigenvalue weighted by Gasteiger charge is -2.57. The van der Waals surface area contributed by atoms with Crippen molar-refractivity contribution in [2.75, 3.05) is 0 Å². The van der Waals surface area contributed by atoms with E-state index in [1.807, 2.05) is 0 Å². The van der Waals surface area contributed by atoms with Crippen molar-refractivity contribution in [1.82, 2.24) is 0 Å². The first kappa shape index (κ1) is 14.3. The van der Waals surface area contributed by atoms with Gasteiger partial charge in [0.15, 0.2) is 0 Å². The normalized spacial score (nSPS) is 56.2. The molecule has 0 aromatic heterocycles. The summed E-state index contributed by atoms with van der Waals surface area (Å²) in [5.41, 5.74) is 2.05. The second kappa shape index (κ2) is 4.58. The first-order chi connectivity index (χ1) is 9.95. The predicted molar refractivity (Wildman–Crippen MR) is 83.7 cm³/mol. The standard InChI is InChI=1S/C19H30O2/c1-18-9-7-13(20)11-12(18)3-4-14-15-5-6-17(21)19(15,2)10-8-16(14)18/h3,13-17,20-21H,4-11H2,1-2H3/t13-,14+,15-,16-,17-,18-,19-/m0/s1. The van der Waals surface area contributed by atoms with E-state index in [0.29, 0.717) is 11.3 Å². The summed E-state index contributed by atoms with van der Waals surface area (Å²) in [7, 11) is 0. The van der Waals surface area contributed by atoms with E-state index in [4.69, 9.17) is 0 Å². The molecule has 0 amide bonds. The van der Waals surface area contributed by atoms with Crippen LogP contribution >= 0.6 is 0 Å². The SMILES string of the molecule is C[C@]12CC[C@H]3[C@H](CC=C4C[C@@H](O)CC[C@@]43C)[C@@H]1CC[C@@H]2O. The Morgan fingerprint density at radius 2 is 1.81 bits per heavy atom. The van der Waals surface area contributed by atoms with Crippen LogP contribution in [0.1, 0.15) is 65.2 Å². The zero-order chi connectivity index (χ0) is 14.8. The lowest BCUT2D eigenvalue weighted by atomic mass is 9.48. The molecule has 7 atom stereocenters. The summed E-state index contributed by atoms with van der Waals surface area (Å²) >= 11 is 0. The summed E-state index contributed by atoms with van der Waals surface area (Å²) in [6.07, 6.45) is 11.2. The summed E-state index contributed by atoms with van der Waals surface area (Å²) in [6.45, 7) is 4.81. The van der Waals surface area contributed by atoms with Gasteiger partial charge in [-0.15, -0.1) is 0 Å². The van der Waals surface area contributed by atoms with Gasteiger partial charge in [-0.2, -0.15) is 0 Å². The second-order valence-corrected chi connectivity index (χ2v) is 8.79. The topological polar surface area (TPSA) is 40.5 Å². The van der Waals surface area contributed by atoms with E-state index in [9.17, 15) is 10.2 Å². The Bertz CT molecular complexity index is 470. The van der Waals surface area contributed by atoms with Crippen LogP contribution in [0.2, 0.25) is 0 Å². The lowest BCUT2D eigenvalue weighted by Crippen LogP contribution is -2.51. The molecule has 0 heterocycles. The highest BCUT2D eigenvalue weighted by molar-refractivity contribution is 5.25. The van der Waals surface area contributed by atoms with Crippen LogP contribution in [-0.4, -0.2) is 22.4 Å². The quantitative estimate of drug-likeness (QED) is 0.668. The zero-order valence-corrected chi connectivity index (χ0v) is 13.5. The van der Waals surface area contributed by atoms with Gasteiger partial charge in [0, 0.05) is 0 Å². The van der Waals surface area contributed by atoms with Gasteiger partial charge in [0.1, 0.15) is 0 Å². The number of aliphatic hydroxyl groups is 2. The Morgan fingerprint density at radius 3 is 2.62 bits per heavy atom. The van der Waals surface area contributed by atoms with Crippen molar-refractivity contribution in [2.45, 2.75) is 77.4 Å². The van der Waals surface area contributed by atoms with Crippen LogP contribution in [0.4, 0.5) is 0 Å². The number of hydrogen-bond acceptors (Lipinski definition) is 2. The van der Waals surface area contributed by atoms with Gasteiger partial charge >= 0.3 is 0 Å². The van der Waals surface area contributed by atoms with Crippen molar-refractivity contribution in [3.05, 3.63) is 11.6 Å². The molecule has 4 rings (SSSR count). The number of hydrogen-bond donors (Lipinski definition) is 2. The summed E-state index contributed by atoms with van der Waals surface area (Å²) in [4.78, 5) is 0. The van der Waals surface area contributed by atoms with Crippen LogP contribution in [0.3, 0.4) is 0 Å². The molecule has 0 radical (unpaired) electrons. The minimum atomic E-state index is -0.108. The minimum absolute atomic E-state index is 0.0742. The molecule has 2 nitrogen and oxygen atoms in total. The molecule has 4 aliphatic rings. The highest BCUT2D eigenvalue weighted by Crippen LogP contribution is 2.64. The molecule has 21 heavy (non-hydrogen) atoms. The molecule has 2 heteroatoms. The lowest BCUT2D eigenvalue weighted by molar-refractivity contribution is -0.0711. The predicted octanol–water partition coefficient (Wildman–Crippen LogP) is 3.67. The molecule has 0 bridgehead atoms. The van der Waals surface area contributed by atoms with E-state index < -0.39 is 0 Å². The Morgan fingerprint density at radius 1 is 1.00 bits per heavy atom. The van der Waals surface area contributed by atoms with Gasteiger partial charge in [0.25, 0.3) is 0 Å². The molecule has 118 valence electrons. The molecule has 0 aromatic rings. The van der Waals surface area contributed by atoms with Gasteiger partial charge < -0.3 is 10.2 Å². The number of allylic oxidation sites excluding steroid dienone is 1. The van der Waals surface area contributed by atoms with Gasteiger partial charge in [-0.05, 0) is 80.0 Å². The van der Waals surface area contributed by atoms with Gasteiger partial charge in [0.2, 0.25) is 0 Å². The van der Waals surface area contributed by atoms with Crippen molar-refractivity contribution in [3.63, 3.8) is 0 Å². The Balaban J connectivity index is 1.68. The molecule has 3 saturated carbocycles. The molecule has 0 unspecified atom stereocenters. The molecule has 0 aromatic carbocycles. The molecule has 3 fully saturated rings. The highest BCUT2D eigenvalue weighted by atomic mass is 16.3. The Labute approximate surface area is 128 Å². The van der Waals surface area contributed by atoms with Crippen LogP contribution < -0.4 is 0 Å². The molecular formula is C19H30O2. The van der Waals surface area contributed by atoms with Gasteiger partial charge in [-0.25, -0.2) is 0 Å². The maximum Gasteiger partial charge on any atom is 0.0596 e. The number of fused-ring (bicyclic) bond motifs is 5. The van der Waals surface area contributed by atoms with Crippen LogP contribution in [0.5, 0.6) is 0 Å². The van der Waals surface area contributed by atoms with Gasteiger partial charge in [0.05, 0.1) is 12.2 Å². The van der Waals surface area contributed by atoms with Crippen LogP contribution in [0, 0.1) is 28.6 Å². The fourth-order valence-corrected chi connectivity index (χ4v) is 6.61. The van der Waals surface area contributed by atoms with E-state index in [1.165, 1.54) is 25.7 Å². The van der Waals surface area contributed by atoms with Gasteiger partial charge in [-0.3, -0.25) is 0 Å². The van der Waals surface area contributed by atoms with Crippen LogP contribution in [0.15, 0.2) is 11.6 Å². The molecule has 0 aliphatic heterocycles. The summed E-state index contributed by atoms with van der Waals surface area (Å²) in [6, 6.07) is 0. The molecule has 0 saturated heterocycles. The smallest absolute Gasteiger partial charge is 0.0596 e. The Kier molecular flexibility index (Phi) is 3.11. The van der Waals surface area contributed by atoms with E-state index in [2.05, 4.69) is 19.9 Å². The molecule has 4 aliphatic carbocycles. The van der Waals surface area contributed by atoms with Crippen LogP contribution in [-0.2, 0) is 0 Å². The van der Waals surface area contributed by atoms with Crippen molar-refractivity contribution >= 4 is 0 Å². The van der Waals surface area contributed by atoms with Crippen molar-refractivity contribution < 1.29 is 10.2 Å². The maximum atomic E-state index is 10.5. The van der Waals surface area contributed by atoms with E-state index in [-0.39, 0.29) is 17.6 Å². The third-order valence-corrected chi connectivity index (χ3v) is 8.03. The number of aliphatic hydroxyl groups excluding tert-OH is 2. The average molecular weight is 290 g/mol. The monoisotopic (exact) mass is 290 g/mol. The van der Waals surface area contributed by atoms with E-state index in [0.717, 1.165) is 37.5 Å². The Hall–Kier alpha value is -0.340. The van der Waals surface area contributed by atoms with Crippen molar-refractivity contribution in [3.8, 4) is 0 Å². The molecular weight excluding hydrogens is 260 g/mol. The average Bonchev–Trinajstić information content (AvgIpc) is 2.76. The van der Waals surface area contributed by atoms with E-state index >= 15 is 0 Å².